The number of halogens is 2. The summed E-state index contributed by atoms with van der Waals surface area (Å²) in [5.74, 6) is -1.24. The van der Waals surface area contributed by atoms with Gasteiger partial charge in [-0.15, -0.1) is 11.3 Å². The monoisotopic (exact) mass is 507 g/mol. The number of carbonyl (C=O) groups excluding carboxylic acids is 2. The number of rotatable bonds is 4. The van der Waals surface area contributed by atoms with Gasteiger partial charge in [0.15, 0.2) is 11.9 Å². The lowest BCUT2D eigenvalue weighted by molar-refractivity contribution is -0.161. The Balaban J connectivity index is 1.39. The molecule has 3 heterocycles. The van der Waals surface area contributed by atoms with Crippen LogP contribution in [0.25, 0.3) is 10.2 Å². The van der Waals surface area contributed by atoms with E-state index in [9.17, 15) is 9.59 Å². The van der Waals surface area contributed by atoms with E-state index in [-0.39, 0.29) is 30.5 Å². The van der Waals surface area contributed by atoms with E-state index in [1.54, 1.807) is 31.9 Å². The highest BCUT2D eigenvalue weighted by Crippen LogP contribution is 2.40. The first kappa shape index (κ1) is 22.7. The molecule has 7 nitrogen and oxygen atoms in total. The Kier molecular flexibility index (Phi) is 5.69. The number of aromatic nitrogens is 1. The fraction of sp³-hybridized carbons (Fsp3) is 0.391. The zero-order valence-electron chi connectivity index (χ0n) is 18.3. The normalized spacial score (nSPS) is 23.6. The summed E-state index contributed by atoms with van der Waals surface area (Å²) in [5, 5.41) is 3.52. The van der Waals surface area contributed by atoms with Gasteiger partial charge < -0.3 is 24.7 Å². The van der Waals surface area contributed by atoms with Crippen LogP contribution in [0.1, 0.15) is 41.5 Å². The van der Waals surface area contributed by atoms with Crippen LogP contribution in [0.15, 0.2) is 30.3 Å². The number of hydrogen-bond acceptors (Lipinski definition) is 5. The van der Waals surface area contributed by atoms with Crippen LogP contribution in [0.2, 0.25) is 9.36 Å². The van der Waals surface area contributed by atoms with E-state index in [0.29, 0.717) is 27.0 Å². The number of benzene rings is 1. The van der Waals surface area contributed by atoms with E-state index in [1.165, 1.54) is 11.3 Å². The molecule has 1 saturated heterocycles. The molecule has 1 aliphatic heterocycles. The van der Waals surface area contributed by atoms with Crippen molar-refractivity contribution in [2.75, 3.05) is 13.7 Å². The van der Waals surface area contributed by atoms with E-state index >= 15 is 0 Å². The molecule has 3 atom stereocenters. The third kappa shape index (κ3) is 4.04. The fourth-order valence-corrected chi connectivity index (χ4v) is 6.12. The largest absolute Gasteiger partial charge is 0.349 e. The molecule has 2 aromatic heterocycles. The summed E-state index contributed by atoms with van der Waals surface area (Å²) in [6, 6.07) is 9.03. The molecule has 10 heteroatoms. The van der Waals surface area contributed by atoms with Gasteiger partial charge in [0.05, 0.1) is 33.9 Å². The minimum atomic E-state index is -0.799. The summed E-state index contributed by atoms with van der Waals surface area (Å²) in [6.45, 7) is 3.77. The van der Waals surface area contributed by atoms with E-state index in [4.69, 9.17) is 32.7 Å². The molecular weight excluding hydrogens is 485 g/mol. The Morgan fingerprint density at radius 1 is 1.27 bits per heavy atom. The summed E-state index contributed by atoms with van der Waals surface area (Å²) < 4.78 is 12.7. The van der Waals surface area contributed by atoms with Crippen molar-refractivity contribution in [3.05, 3.63) is 56.5 Å². The van der Waals surface area contributed by atoms with Gasteiger partial charge in [-0.25, -0.2) is 0 Å². The Morgan fingerprint density at radius 2 is 2.03 bits per heavy atom. The fourth-order valence-electron chi connectivity index (χ4n) is 4.64. The van der Waals surface area contributed by atoms with Crippen molar-refractivity contribution in [2.45, 2.75) is 44.2 Å². The molecule has 0 radical (unpaired) electrons. The van der Waals surface area contributed by atoms with Gasteiger partial charge in [0.1, 0.15) is 10.0 Å². The SMILES string of the molecule is CN(C(=O)[C@H]1COC(C)(C)O1)[C@H]1c2ccccc2C[C@H]1NC(=O)c1cc2sc(Cl)c(Cl)c2[nH]1. The Morgan fingerprint density at radius 3 is 2.73 bits per heavy atom. The summed E-state index contributed by atoms with van der Waals surface area (Å²) in [5.41, 5.74) is 3.15. The third-order valence-electron chi connectivity index (χ3n) is 6.18. The highest BCUT2D eigenvalue weighted by Gasteiger charge is 2.43. The molecule has 1 aromatic carbocycles. The van der Waals surface area contributed by atoms with Gasteiger partial charge in [-0.1, -0.05) is 47.5 Å². The molecule has 2 N–H and O–H groups in total. The van der Waals surface area contributed by atoms with Crippen LogP contribution < -0.4 is 5.32 Å². The van der Waals surface area contributed by atoms with Gasteiger partial charge >= 0.3 is 0 Å². The number of hydrogen-bond donors (Lipinski definition) is 2. The van der Waals surface area contributed by atoms with Crippen molar-refractivity contribution < 1.29 is 19.1 Å². The lowest BCUT2D eigenvalue weighted by Gasteiger charge is -2.32. The van der Waals surface area contributed by atoms with Crippen molar-refractivity contribution in [1.29, 1.82) is 0 Å². The summed E-state index contributed by atoms with van der Waals surface area (Å²) in [7, 11) is 1.75. The minimum Gasteiger partial charge on any atom is -0.349 e. The summed E-state index contributed by atoms with van der Waals surface area (Å²) >= 11 is 13.6. The average Bonchev–Trinajstić information content (AvgIpc) is 3.50. The number of likely N-dealkylation sites (N-methyl/N-ethyl adjacent to an activating group) is 1. The van der Waals surface area contributed by atoms with Crippen molar-refractivity contribution in [2.24, 2.45) is 0 Å². The van der Waals surface area contributed by atoms with Crippen molar-refractivity contribution in [1.82, 2.24) is 15.2 Å². The second-order valence-electron chi connectivity index (χ2n) is 8.81. The van der Waals surface area contributed by atoms with Gasteiger partial charge in [-0.2, -0.15) is 0 Å². The van der Waals surface area contributed by atoms with Gasteiger partial charge in [-0.3, -0.25) is 9.59 Å². The van der Waals surface area contributed by atoms with Crippen LogP contribution in [-0.4, -0.2) is 53.3 Å². The number of fused-ring (bicyclic) bond motifs is 2. The third-order valence-corrected chi connectivity index (χ3v) is 8.11. The van der Waals surface area contributed by atoms with Gasteiger partial charge in [0.2, 0.25) is 0 Å². The lowest BCUT2D eigenvalue weighted by Crippen LogP contribution is -2.48. The predicted molar refractivity (Wildman–Crippen MR) is 128 cm³/mol. The van der Waals surface area contributed by atoms with Crippen molar-refractivity contribution >= 4 is 56.6 Å². The summed E-state index contributed by atoms with van der Waals surface area (Å²) in [4.78, 5) is 31.1. The summed E-state index contributed by atoms with van der Waals surface area (Å²) in [6.07, 6.45) is -0.0736. The average molecular weight is 508 g/mol. The van der Waals surface area contributed by atoms with E-state index in [2.05, 4.69) is 10.3 Å². The zero-order valence-corrected chi connectivity index (χ0v) is 20.6. The molecule has 3 aromatic rings. The topological polar surface area (TPSA) is 83.7 Å². The highest BCUT2D eigenvalue weighted by atomic mass is 35.5. The number of ether oxygens (including phenoxy) is 2. The minimum absolute atomic E-state index is 0.177. The Labute approximate surface area is 204 Å². The maximum absolute atomic E-state index is 13.3. The number of thiophene rings is 1. The Bertz CT molecular complexity index is 1250. The Hall–Kier alpha value is -2.10. The molecule has 2 aliphatic rings. The molecule has 1 fully saturated rings. The standard InChI is InChI=1S/C23H23Cl2N3O4S/c1-23(2)31-10-15(32-23)22(30)28(3)19-12-7-5-4-6-11(12)8-13(19)27-21(29)14-9-16-18(26-14)17(24)20(25)33-16/h4-7,9,13,15,19,26H,8,10H2,1-3H3,(H,27,29)/t13-,15-,19+/m1/s1. The molecule has 0 bridgehead atoms. The molecule has 33 heavy (non-hydrogen) atoms. The molecule has 1 aliphatic carbocycles. The van der Waals surface area contributed by atoms with Crippen LogP contribution in [0.5, 0.6) is 0 Å². The number of carbonyl (C=O) groups is 2. The second-order valence-corrected chi connectivity index (χ2v) is 10.8. The van der Waals surface area contributed by atoms with Gasteiger partial charge in [0.25, 0.3) is 11.8 Å². The molecular formula is C23H23Cl2N3O4S. The second kappa shape index (κ2) is 8.29. The molecule has 174 valence electrons. The van der Waals surface area contributed by atoms with Crippen LogP contribution in [-0.2, 0) is 20.7 Å². The van der Waals surface area contributed by atoms with Crippen LogP contribution in [0.3, 0.4) is 0 Å². The first-order chi connectivity index (χ1) is 15.6. The quantitative estimate of drug-likeness (QED) is 0.542. The molecule has 0 saturated carbocycles. The first-order valence-electron chi connectivity index (χ1n) is 10.6. The van der Waals surface area contributed by atoms with E-state index in [0.717, 1.165) is 15.8 Å². The number of nitrogens with one attached hydrogen (secondary N) is 2. The molecule has 2 amide bonds. The number of nitrogens with zero attached hydrogens (tertiary/aromatic N) is 1. The number of aromatic amines is 1. The zero-order chi connectivity index (χ0) is 23.5. The van der Waals surface area contributed by atoms with Crippen LogP contribution >= 0.6 is 34.5 Å². The van der Waals surface area contributed by atoms with E-state index < -0.39 is 11.9 Å². The number of amides is 2. The highest BCUT2D eigenvalue weighted by molar-refractivity contribution is 7.23. The first-order valence-corrected chi connectivity index (χ1v) is 12.2. The van der Waals surface area contributed by atoms with E-state index in [1.807, 2.05) is 24.3 Å². The van der Waals surface area contributed by atoms with Crippen molar-refractivity contribution in [3.63, 3.8) is 0 Å². The predicted octanol–water partition coefficient (Wildman–Crippen LogP) is 4.54. The van der Waals surface area contributed by atoms with Crippen molar-refractivity contribution in [3.8, 4) is 0 Å². The van der Waals surface area contributed by atoms with Gasteiger partial charge in [-0.05, 0) is 37.5 Å². The smallest absolute Gasteiger partial charge is 0.268 e. The van der Waals surface area contributed by atoms with Crippen LogP contribution in [0.4, 0.5) is 0 Å². The lowest BCUT2D eigenvalue weighted by atomic mass is 10.0. The molecule has 5 rings (SSSR count). The van der Waals surface area contributed by atoms with Gasteiger partial charge in [0, 0.05) is 7.05 Å². The molecule has 0 spiro atoms. The van der Waals surface area contributed by atoms with Crippen LogP contribution in [0, 0.1) is 0 Å². The maximum atomic E-state index is 13.3. The molecule has 0 unspecified atom stereocenters. The maximum Gasteiger partial charge on any atom is 0.268 e. The number of H-pyrrole nitrogens is 1.